The molecular weight excluding hydrogens is 572 g/mol. The Labute approximate surface area is 246 Å². The van der Waals surface area contributed by atoms with E-state index in [9.17, 15) is 33.6 Å². The third-order valence-electron chi connectivity index (χ3n) is 7.36. The van der Waals surface area contributed by atoms with Crippen molar-refractivity contribution in [1.29, 1.82) is 0 Å². The van der Waals surface area contributed by atoms with Gasteiger partial charge in [0.15, 0.2) is 0 Å². The molecule has 11 nitrogen and oxygen atoms in total. The van der Waals surface area contributed by atoms with Gasteiger partial charge in [-0.3, -0.25) is 0 Å². The highest BCUT2D eigenvalue weighted by Crippen LogP contribution is 2.37. The minimum Gasteiger partial charge on any atom is -0.423 e. The highest BCUT2D eigenvalue weighted by molar-refractivity contribution is 6.17. The summed E-state index contributed by atoms with van der Waals surface area (Å²) >= 11 is 0. The van der Waals surface area contributed by atoms with Crippen LogP contribution in [0.15, 0.2) is 79.4 Å². The second-order valence-electron chi connectivity index (χ2n) is 9.85. The van der Waals surface area contributed by atoms with Gasteiger partial charge in [-0.2, -0.15) is 0 Å². The summed E-state index contributed by atoms with van der Waals surface area (Å²) in [6.45, 7) is 3.70. The minimum absolute atomic E-state index is 0.182. The summed E-state index contributed by atoms with van der Waals surface area (Å²) in [6.07, 6.45) is 0. The normalized spacial score (nSPS) is 15.5. The van der Waals surface area contributed by atoms with Crippen molar-refractivity contribution in [3.05, 3.63) is 124 Å². The number of fused-ring (bicyclic) bond motifs is 4. The molecule has 0 spiro atoms. The number of rotatable bonds is 2. The van der Waals surface area contributed by atoms with Crippen molar-refractivity contribution in [3.8, 4) is 22.3 Å². The second kappa shape index (κ2) is 9.53. The third-order valence-corrected chi connectivity index (χ3v) is 7.36. The van der Waals surface area contributed by atoms with Gasteiger partial charge in [0.25, 0.3) is 0 Å². The molecule has 0 saturated carbocycles. The summed E-state index contributed by atoms with van der Waals surface area (Å²) in [5.41, 5.74) is 4.76. The number of esters is 7. The van der Waals surface area contributed by atoms with Crippen LogP contribution < -0.4 is 0 Å². The van der Waals surface area contributed by atoms with E-state index < -0.39 is 41.8 Å². The van der Waals surface area contributed by atoms with Crippen LogP contribution in [0.4, 0.5) is 0 Å². The fourth-order valence-electron chi connectivity index (χ4n) is 5.25. The molecule has 0 amide bonds. The number of hydrogen-bond acceptors (Lipinski definition) is 11. The van der Waals surface area contributed by atoms with E-state index in [4.69, 9.17) is 4.74 Å². The van der Waals surface area contributed by atoms with E-state index in [1.807, 2.05) is 0 Å². The fraction of sp³-hybridized carbons (Fsp3) is 0. The number of carbonyl (C=O) groups excluding carboxylic acids is 7. The Balaban J connectivity index is 0.000000142. The van der Waals surface area contributed by atoms with Gasteiger partial charge in [-0.25, -0.2) is 33.6 Å². The van der Waals surface area contributed by atoms with Gasteiger partial charge in [0.2, 0.25) is 0 Å². The zero-order valence-corrected chi connectivity index (χ0v) is 22.1. The van der Waals surface area contributed by atoms with Gasteiger partial charge in [-0.1, -0.05) is 43.0 Å². The lowest BCUT2D eigenvalue weighted by molar-refractivity contribution is 0.0425. The molecule has 0 N–H and O–H groups in total. The molecule has 4 aromatic rings. The topological polar surface area (TPSA) is 156 Å². The molecule has 0 saturated heterocycles. The van der Waals surface area contributed by atoms with Crippen molar-refractivity contribution in [2.45, 2.75) is 0 Å². The number of ether oxygens (including phenoxy) is 4. The molecule has 4 aliphatic heterocycles. The lowest BCUT2D eigenvalue weighted by Crippen LogP contribution is -1.99. The quantitative estimate of drug-likeness (QED) is 0.181. The molecule has 0 fully saturated rings. The molecule has 0 radical (unpaired) electrons. The summed E-state index contributed by atoms with van der Waals surface area (Å²) in [7, 11) is 0. The molecule has 4 aromatic carbocycles. The lowest BCUT2D eigenvalue weighted by atomic mass is 9.94. The smallest absolute Gasteiger partial charge is 0.346 e. The molecule has 0 atom stereocenters. The van der Waals surface area contributed by atoms with Crippen molar-refractivity contribution < 1.29 is 52.5 Å². The van der Waals surface area contributed by atoms with Crippen LogP contribution >= 0.6 is 0 Å². The van der Waals surface area contributed by atoms with Crippen LogP contribution in [0, 0.1) is 0 Å². The minimum atomic E-state index is -0.697. The van der Waals surface area contributed by atoms with Crippen molar-refractivity contribution in [1.82, 2.24) is 0 Å². The van der Waals surface area contributed by atoms with Gasteiger partial charge in [-0.05, 0) is 58.7 Å². The first-order valence-electron chi connectivity index (χ1n) is 12.9. The maximum absolute atomic E-state index is 12.0. The highest BCUT2D eigenvalue weighted by atomic mass is 16.6. The van der Waals surface area contributed by atoms with E-state index in [0.717, 1.165) is 0 Å². The molecular formula is C33H14O11. The predicted octanol–water partition coefficient (Wildman–Crippen LogP) is 4.78. The Bertz CT molecular complexity index is 2030. The molecule has 0 bridgehead atoms. The SMILES string of the molecule is C=C1OC(=O)c2c1cccc2-c1ccc2c(c1)C(=O)OC2=O.O=C1OC(=O)c2cc(-c3ccc4c(c3)C(=O)OC4=O)ccc21. The summed E-state index contributed by atoms with van der Waals surface area (Å²) in [5, 5.41) is 0. The van der Waals surface area contributed by atoms with Crippen molar-refractivity contribution in [2.75, 3.05) is 0 Å². The Morgan fingerprint density at radius 2 is 0.750 bits per heavy atom. The average Bonchev–Trinajstić information content (AvgIpc) is 3.68. The standard InChI is InChI=1S/C17H8O5.C16H6O6/c1-8-10-3-2-4-11(14(10)17(20)21-8)9-5-6-12-13(7-9)16(19)22-15(12)18;17-13-9-3-1-7(5-11(9)15(19)21-13)8-2-4-10-12(6-8)16(20)22-14(10)18/h2-7H,1H2;1-6H. The molecule has 8 rings (SSSR count). The molecule has 212 valence electrons. The van der Waals surface area contributed by atoms with Crippen molar-refractivity contribution in [3.63, 3.8) is 0 Å². The highest BCUT2D eigenvalue weighted by Gasteiger charge is 2.33. The van der Waals surface area contributed by atoms with Crippen LogP contribution in [-0.4, -0.2) is 41.8 Å². The molecule has 4 aliphatic rings. The van der Waals surface area contributed by atoms with Crippen molar-refractivity contribution >= 4 is 47.5 Å². The Morgan fingerprint density at radius 3 is 1.23 bits per heavy atom. The average molecular weight is 586 g/mol. The van der Waals surface area contributed by atoms with Gasteiger partial charge < -0.3 is 18.9 Å². The number of cyclic esters (lactones) is 7. The van der Waals surface area contributed by atoms with Gasteiger partial charge in [0, 0.05) is 5.56 Å². The number of carbonyl (C=O) groups is 7. The van der Waals surface area contributed by atoms with Crippen LogP contribution in [0.1, 0.15) is 78.1 Å². The Morgan fingerprint density at radius 1 is 0.364 bits per heavy atom. The maximum Gasteiger partial charge on any atom is 0.346 e. The largest absolute Gasteiger partial charge is 0.423 e. The summed E-state index contributed by atoms with van der Waals surface area (Å²) in [6, 6.07) is 19.3. The van der Waals surface area contributed by atoms with Crippen LogP contribution in [0.3, 0.4) is 0 Å². The number of hydrogen-bond donors (Lipinski definition) is 0. The van der Waals surface area contributed by atoms with Crippen LogP contribution in [0.5, 0.6) is 0 Å². The Kier molecular flexibility index (Phi) is 5.72. The van der Waals surface area contributed by atoms with Crippen LogP contribution in [-0.2, 0) is 18.9 Å². The first kappa shape index (κ1) is 26.4. The zero-order valence-electron chi connectivity index (χ0n) is 22.1. The number of benzene rings is 4. The Hall–Kier alpha value is -6.49. The maximum atomic E-state index is 12.0. The predicted molar refractivity (Wildman–Crippen MR) is 147 cm³/mol. The fourth-order valence-corrected chi connectivity index (χ4v) is 5.25. The van der Waals surface area contributed by atoms with E-state index in [2.05, 4.69) is 20.8 Å². The first-order chi connectivity index (χ1) is 21.1. The van der Waals surface area contributed by atoms with E-state index >= 15 is 0 Å². The molecule has 44 heavy (non-hydrogen) atoms. The van der Waals surface area contributed by atoms with E-state index in [1.165, 1.54) is 30.3 Å². The molecule has 4 heterocycles. The zero-order chi connectivity index (χ0) is 30.9. The van der Waals surface area contributed by atoms with E-state index in [-0.39, 0.29) is 33.4 Å². The summed E-state index contributed by atoms with van der Waals surface area (Å²) in [4.78, 5) is 81.1. The van der Waals surface area contributed by atoms with Gasteiger partial charge in [-0.15, -0.1) is 0 Å². The van der Waals surface area contributed by atoms with Crippen molar-refractivity contribution in [2.24, 2.45) is 0 Å². The van der Waals surface area contributed by atoms with Crippen LogP contribution in [0.2, 0.25) is 0 Å². The molecule has 0 aliphatic carbocycles. The second-order valence-corrected chi connectivity index (χ2v) is 9.85. The third kappa shape index (κ3) is 4.02. The van der Waals surface area contributed by atoms with E-state index in [1.54, 1.807) is 42.5 Å². The van der Waals surface area contributed by atoms with Gasteiger partial charge >= 0.3 is 41.8 Å². The van der Waals surface area contributed by atoms with Gasteiger partial charge in [0.1, 0.15) is 5.76 Å². The monoisotopic (exact) mass is 586 g/mol. The van der Waals surface area contributed by atoms with E-state index in [0.29, 0.717) is 39.1 Å². The first-order valence-corrected chi connectivity index (χ1v) is 12.9. The molecule has 0 aromatic heterocycles. The van der Waals surface area contributed by atoms with Gasteiger partial charge in [0.05, 0.1) is 38.9 Å². The van der Waals surface area contributed by atoms with Crippen LogP contribution in [0.25, 0.3) is 28.0 Å². The molecule has 0 unspecified atom stereocenters. The lowest BCUT2D eigenvalue weighted by Gasteiger charge is -2.06. The summed E-state index contributed by atoms with van der Waals surface area (Å²) < 4.78 is 18.7. The summed E-state index contributed by atoms with van der Waals surface area (Å²) in [5.74, 6) is -4.24. The molecule has 11 heteroatoms.